The average molecular weight is 388 g/mol. The lowest BCUT2D eigenvalue weighted by Crippen LogP contribution is -2.13. The van der Waals surface area contributed by atoms with Crippen LogP contribution in [0, 0.1) is 10.5 Å². The van der Waals surface area contributed by atoms with Gasteiger partial charge in [-0.3, -0.25) is 4.79 Å². The van der Waals surface area contributed by atoms with Crippen LogP contribution in [0.4, 0.5) is 5.69 Å². The lowest BCUT2D eigenvalue weighted by molar-refractivity contribution is 0.102. The first-order valence-electron chi connectivity index (χ1n) is 5.53. The summed E-state index contributed by atoms with van der Waals surface area (Å²) in [6.07, 6.45) is 0. The van der Waals surface area contributed by atoms with Crippen molar-refractivity contribution in [1.82, 2.24) is 0 Å². The molecule has 0 aliphatic heterocycles. The predicted molar refractivity (Wildman–Crippen MR) is 85.0 cm³/mol. The van der Waals surface area contributed by atoms with Crippen molar-refractivity contribution in [3.63, 3.8) is 0 Å². The minimum Gasteiger partial charge on any atom is -0.507 e. The second-order valence-electron chi connectivity index (χ2n) is 4.07. The highest BCUT2D eigenvalue weighted by molar-refractivity contribution is 14.1. The number of amides is 1. The topological polar surface area (TPSA) is 49.3 Å². The van der Waals surface area contributed by atoms with Crippen molar-refractivity contribution in [1.29, 1.82) is 0 Å². The van der Waals surface area contributed by atoms with E-state index in [0.717, 1.165) is 9.13 Å². The highest BCUT2D eigenvalue weighted by Crippen LogP contribution is 2.23. The molecule has 2 rings (SSSR count). The van der Waals surface area contributed by atoms with Crippen LogP contribution >= 0.6 is 34.2 Å². The first kappa shape index (κ1) is 14.1. The number of benzene rings is 2. The standard InChI is InChI=1S/C14H11ClINO2/c1-8-6-9(15)2-4-12(8)17-14(19)11-7-10(16)3-5-13(11)18/h2-7,18H,1H3,(H,17,19). The largest absolute Gasteiger partial charge is 0.507 e. The number of carbonyl (C=O) groups is 1. The van der Waals surface area contributed by atoms with Gasteiger partial charge in [-0.2, -0.15) is 0 Å². The molecule has 0 fully saturated rings. The van der Waals surface area contributed by atoms with Crippen LogP contribution in [-0.2, 0) is 0 Å². The van der Waals surface area contributed by atoms with Crippen LogP contribution in [-0.4, -0.2) is 11.0 Å². The fraction of sp³-hybridized carbons (Fsp3) is 0.0714. The van der Waals surface area contributed by atoms with Gasteiger partial charge in [0.25, 0.3) is 5.91 Å². The molecule has 0 spiro atoms. The number of phenolic OH excluding ortho intramolecular Hbond substituents is 1. The van der Waals surface area contributed by atoms with Crippen LogP contribution in [0.5, 0.6) is 5.75 Å². The summed E-state index contributed by atoms with van der Waals surface area (Å²) in [4.78, 5) is 12.1. The molecule has 0 atom stereocenters. The number of phenols is 1. The number of nitrogens with one attached hydrogen (secondary N) is 1. The van der Waals surface area contributed by atoms with Crippen molar-refractivity contribution < 1.29 is 9.90 Å². The van der Waals surface area contributed by atoms with Gasteiger partial charge in [-0.25, -0.2) is 0 Å². The number of rotatable bonds is 2. The normalized spacial score (nSPS) is 10.3. The van der Waals surface area contributed by atoms with E-state index in [4.69, 9.17) is 11.6 Å². The third kappa shape index (κ3) is 3.39. The Bertz CT molecular complexity index is 643. The van der Waals surface area contributed by atoms with Gasteiger partial charge in [-0.15, -0.1) is 0 Å². The number of carbonyl (C=O) groups excluding carboxylic acids is 1. The van der Waals surface area contributed by atoms with Gasteiger partial charge < -0.3 is 10.4 Å². The second kappa shape index (κ2) is 5.79. The highest BCUT2D eigenvalue weighted by atomic mass is 127. The SMILES string of the molecule is Cc1cc(Cl)ccc1NC(=O)c1cc(I)ccc1O. The summed E-state index contributed by atoms with van der Waals surface area (Å²) in [7, 11) is 0. The molecule has 5 heteroatoms. The second-order valence-corrected chi connectivity index (χ2v) is 5.76. The summed E-state index contributed by atoms with van der Waals surface area (Å²) in [5.74, 6) is -0.383. The smallest absolute Gasteiger partial charge is 0.259 e. The maximum atomic E-state index is 12.1. The Labute approximate surface area is 129 Å². The highest BCUT2D eigenvalue weighted by Gasteiger charge is 2.12. The van der Waals surface area contributed by atoms with Crippen LogP contribution in [0.3, 0.4) is 0 Å². The number of hydrogen-bond acceptors (Lipinski definition) is 2. The van der Waals surface area contributed by atoms with Gasteiger partial charge in [0.05, 0.1) is 5.56 Å². The minimum atomic E-state index is -0.346. The number of anilines is 1. The Morgan fingerprint density at radius 3 is 2.68 bits per heavy atom. The monoisotopic (exact) mass is 387 g/mol. The molecule has 0 bridgehead atoms. The Hall–Kier alpha value is -1.27. The number of aryl methyl sites for hydroxylation is 1. The van der Waals surface area contributed by atoms with E-state index >= 15 is 0 Å². The van der Waals surface area contributed by atoms with Gasteiger partial charge in [0.1, 0.15) is 5.75 Å². The van der Waals surface area contributed by atoms with E-state index in [1.165, 1.54) is 6.07 Å². The van der Waals surface area contributed by atoms with Gasteiger partial charge in [-0.1, -0.05) is 11.6 Å². The minimum absolute atomic E-state index is 0.0375. The molecule has 2 aromatic rings. The van der Waals surface area contributed by atoms with Gasteiger partial charge >= 0.3 is 0 Å². The fourth-order valence-electron chi connectivity index (χ4n) is 1.65. The molecule has 0 saturated heterocycles. The molecule has 0 radical (unpaired) electrons. The molecule has 0 saturated carbocycles. The number of halogens is 2. The quantitative estimate of drug-likeness (QED) is 0.758. The number of aromatic hydroxyl groups is 1. The molecule has 1 amide bonds. The lowest BCUT2D eigenvalue weighted by atomic mass is 10.1. The molecule has 0 heterocycles. The maximum absolute atomic E-state index is 12.1. The maximum Gasteiger partial charge on any atom is 0.259 e. The molecule has 0 aliphatic rings. The van der Waals surface area contributed by atoms with Gasteiger partial charge in [0, 0.05) is 14.3 Å². The van der Waals surface area contributed by atoms with Crippen LogP contribution in [0.2, 0.25) is 5.02 Å². The lowest BCUT2D eigenvalue weighted by Gasteiger charge is -2.10. The zero-order valence-electron chi connectivity index (χ0n) is 10.1. The molecule has 0 aromatic heterocycles. The van der Waals surface area contributed by atoms with Crippen LogP contribution < -0.4 is 5.32 Å². The Balaban J connectivity index is 2.28. The summed E-state index contributed by atoms with van der Waals surface area (Å²) in [5, 5.41) is 13.1. The molecule has 3 nitrogen and oxygen atoms in total. The third-order valence-electron chi connectivity index (χ3n) is 2.64. The van der Waals surface area contributed by atoms with E-state index in [0.29, 0.717) is 10.7 Å². The summed E-state index contributed by atoms with van der Waals surface area (Å²) in [5.41, 5.74) is 1.79. The van der Waals surface area contributed by atoms with E-state index in [1.54, 1.807) is 30.3 Å². The Morgan fingerprint density at radius 1 is 1.26 bits per heavy atom. The molecule has 2 aromatic carbocycles. The van der Waals surface area contributed by atoms with E-state index in [9.17, 15) is 9.90 Å². The summed E-state index contributed by atoms with van der Waals surface area (Å²) < 4.78 is 0.883. The molecular weight excluding hydrogens is 377 g/mol. The van der Waals surface area contributed by atoms with E-state index < -0.39 is 0 Å². The van der Waals surface area contributed by atoms with Crippen molar-refractivity contribution in [2.24, 2.45) is 0 Å². The Morgan fingerprint density at radius 2 is 2.00 bits per heavy atom. The van der Waals surface area contributed by atoms with Crippen molar-refractivity contribution in [2.45, 2.75) is 6.92 Å². The van der Waals surface area contributed by atoms with E-state index in [-0.39, 0.29) is 17.2 Å². The Kier molecular flexibility index (Phi) is 4.31. The molecular formula is C14H11ClINO2. The molecule has 0 unspecified atom stereocenters. The number of hydrogen-bond donors (Lipinski definition) is 2. The summed E-state index contributed by atoms with van der Waals surface area (Å²) >= 11 is 7.95. The van der Waals surface area contributed by atoms with Crippen LogP contribution in [0.15, 0.2) is 36.4 Å². The predicted octanol–water partition coefficient (Wildman–Crippen LogP) is 4.21. The first-order valence-corrected chi connectivity index (χ1v) is 6.99. The fourth-order valence-corrected chi connectivity index (χ4v) is 2.36. The van der Waals surface area contributed by atoms with E-state index in [1.807, 2.05) is 6.92 Å². The van der Waals surface area contributed by atoms with Gasteiger partial charge in [0.2, 0.25) is 0 Å². The van der Waals surface area contributed by atoms with Crippen molar-refractivity contribution in [3.8, 4) is 5.75 Å². The zero-order chi connectivity index (χ0) is 14.0. The van der Waals surface area contributed by atoms with Crippen molar-refractivity contribution >= 4 is 45.8 Å². The third-order valence-corrected chi connectivity index (χ3v) is 3.55. The molecule has 98 valence electrons. The molecule has 19 heavy (non-hydrogen) atoms. The molecule has 0 aliphatic carbocycles. The van der Waals surface area contributed by atoms with Gasteiger partial charge in [0.15, 0.2) is 0 Å². The van der Waals surface area contributed by atoms with Gasteiger partial charge in [-0.05, 0) is 71.5 Å². The summed E-state index contributed by atoms with van der Waals surface area (Å²) in [6, 6.07) is 10.1. The first-order chi connectivity index (χ1) is 8.97. The average Bonchev–Trinajstić information content (AvgIpc) is 2.35. The zero-order valence-corrected chi connectivity index (χ0v) is 13.0. The van der Waals surface area contributed by atoms with E-state index in [2.05, 4.69) is 27.9 Å². The van der Waals surface area contributed by atoms with Crippen LogP contribution in [0.1, 0.15) is 15.9 Å². The summed E-state index contributed by atoms with van der Waals surface area (Å²) in [6.45, 7) is 1.86. The van der Waals surface area contributed by atoms with Crippen LogP contribution in [0.25, 0.3) is 0 Å². The van der Waals surface area contributed by atoms with Crippen molar-refractivity contribution in [3.05, 3.63) is 56.1 Å². The van der Waals surface area contributed by atoms with Crippen molar-refractivity contribution in [2.75, 3.05) is 5.32 Å². The molecule has 2 N–H and O–H groups in total.